The number of hydrogen-bond donors (Lipinski definition) is 1. The first-order valence-corrected chi connectivity index (χ1v) is 7.42. The summed E-state index contributed by atoms with van der Waals surface area (Å²) in [6.07, 6.45) is 0. The van der Waals surface area contributed by atoms with E-state index >= 15 is 0 Å². The van der Waals surface area contributed by atoms with Crippen molar-refractivity contribution >= 4 is 54.5 Å². The Bertz CT molecular complexity index is 536. The monoisotopic (exact) mass is 470 g/mol. The van der Waals surface area contributed by atoms with Crippen molar-refractivity contribution in [1.82, 2.24) is 15.0 Å². The van der Waals surface area contributed by atoms with E-state index in [4.69, 9.17) is 5.73 Å². The zero-order valence-electron chi connectivity index (χ0n) is 8.86. The molecule has 4 nitrogen and oxygen atoms in total. The van der Waals surface area contributed by atoms with Crippen molar-refractivity contribution in [1.29, 1.82) is 0 Å². The fourth-order valence-electron chi connectivity index (χ4n) is 1.57. The fraction of sp³-hybridized carbons (Fsp3) is 0.200. The maximum Gasteiger partial charge on any atom is 0.153 e. The van der Waals surface area contributed by atoms with Crippen LogP contribution in [-0.2, 0) is 7.05 Å². The third-order valence-electron chi connectivity index (χ3n) is 2.41. The molecule has 0 spiro atoms. The Labute approximate surface area is 129 Å². The first-order valence-electron chi connectivity index (χ1n) is 4.76. The number of nitrogens with two attached hydrogens (primary N) is 1. The first-order chi connectivity index (χ1) is 8.00. The summed E-state index contributed by atoms with van der Waals surface area (Å²) in [5, 5.41) is 7.88. The summed E-state index contributed by atoms with van der Waals surface area (Å²) in [5.74, 6) is 0. The van der Waals surface area contributed by atoms with Gasteiger partial charge in [-0.2, -0.15) is 0 Å². The van der Waals surface area contributed by atoms with Crippen LogP contribution in [0.5, 0.6) is 0 Å². The predicted octanol–water partition coefficient (Wildman–Crippen LogP) is 2.99. The number of hydrogen-bond acceptors (Lipinski definition) is 3. The van der Waals surface area contributed by atoms with E-state index in [0.29, 0.717) is 4.60 Å². The second-order valence-corrected chi connectivity index (χ2v) is 6.38. The van der Waals surface area contributed by atoms with Gasteiger partial charge in [0, 0.05) is 15.1 Å². The highest BCUT2D eigenvalue weighted by Gasteiger charge is 2.20. The van der Waals surface area contributed by atoms with Crippen molar-refractivity contribution in [3.05, 3.63) is 42.1 Å². The predicted molar refractivity (Wildman–Crippen MR) is 81.6 cm³/mol. The van der Waals surface area contributed by atoms with Gasteiger partial charge in [-0.3, -0.25) is 0 Å². The molecule has 0 aliphatic heterocycles. The molecule has 0 radical (unpaired) electrons. The molecule has 0 amide bonds. The minimum Gasteiger partial charge on any atom is -0.319 e. The molecule has 0 aliphatic carbocycles. The minimum absolute atomic E-state index is 0.270. The van der Waals surface area contributed by atoms with E-state index in [1.54, 1.807) is 4.68 Å². The number of rotatable bonds is 2. The lowest BCUT2D eigenvalue weighted by Crippen LogP contribution is -2.17. The van der Waals surface area contributed by atoms with Gasteiger partial charge in [-0.05, 0) is 62.3 Å². The highest BCUT2D eigenvalue weighted by atomic mass is 127. The zero-order chi connectivity index (χ0) is 12.6. The molecule has 1 heterocycles. The molecule has 2 N–H and O–H groups in total. The molecule has 90 valence electrons. The van der Waals surface area contributed by atoms with Crippen molar-refractivity contribution in [3.8, 4) is 0 Å². The van der Waals surface area contributed by atoms with Crippen molar-refractivity contribution in [2.24, 2.45) is 12.8 Å². The summed E-state index contributed by atoms with van der Waals surface area (Å²) in [6, 6.07) is 5.80. The van der Waals surface area contributed by atoms with Gasteiger partial charge in [0.1, 0.15) is 0 Å². The van der Waals surface area contributed by atoms with Crippen LogP contribution < -0.4 is 5.73 Å². The molecule has 0 saturated heterocycles. The van der Waals surface area contributed by atoms with E-state index in [1.165, 1.54) is 0 Å². The summed E-state index contributed by atoms with van der Waals surface area (Å²) >= 11 is 9.15. The normalized spacial score (nSPS) is 12.8. The van der Waals surface area contributed by atoms with Crippen LogP contribution in [0.2, 0.25) is 0 Å². The van der Waals surface area contributed by atoms with Gasteiger partial charge in [0.15, 0.2) is 4.60 Å². The quantitative estimate of drug-likeness (QED) is 0.685. The van der Waals surface area contributed by atoms with Gasteiger partial charge >= 0.3 is 0 Å². The maximum absolute atomic E-state index is 6.27. The number of benzene rings is 1. The van der Waals surface area contributed by atoms with Crippen LogP contribution in [0.25, 0.3) is 0 Å². The molecule has 2 rings (SSSR count). The molecule has 1 aromatic heterocycles. The molecule has 7 heteroatoms. The Morgan fingerprint density at radius 1 is 1.41 bits per heavy atom. The summed E-state index contributed by atoms with van der Waals surface area (Å²) in [6.45, 7) is 0. The molecular weight excluding hydrogens is 463 g/mol. The summed E-state index contributed by atoms with van der Waals surface area (Å²) < 4.78 is 4.49. The number of nitrogens with zero attached hydrogens (tertiary/aromatic N) is 3. The Kier molecular flexibility index (Phi) is 4.22. The highest BCUT2D eigenvalue weighted by molar-refractivity contribution is 14.1. The van der Waals surface area contributed by atoms with E-state index in [9.17, 15) is 0 Å². The highest BCUT2D eigenvalue weighted by Crippen LogP contribution is 2.30. The molecule has 0 aliphatic rings. The summed E-state index contributed by atoms with van der Waals surface area (Å²) in [5.41, 5.74) is 8.14. The smallest absolute Gasteiger partial charge is 0.153 e. The van der Waals surface area contributed by atoms with Crippen LogP contribution in [0.4, 0.5) is 0 Å². The fourth-order valence-corrected chi connectivity index (χ4v) is 3.15. The van der Waals surface area contributed by atoms with Gasteiger partial charge in [0.05, 0.1) is 11.7 Å². The lowest BCUT2D eigenvalue weighted by Gasteiger charge is -2.14. The van der Waals surface area contributed by atoms with E-state index < -0.39 is 0 Å². The van der Waals surface area contributed by atoms with Gasteiger partial charge in [-0.15, -0.1) is 5.10 Å². The minimum atomic E-state index is -0.270. The maximum atomic E-state index is 6.27. The summed E-state index contributed by atoms with van der Waals surface area (Å²) in [7, 11) is 1.83. The third-order valence-corrected chi connectivity index (χ3v) is 4.37. The van der Waals surface area contributed by atoms with E-state index in [0.717, 1.165) is 19.3 Å². The van der Waals surface area contributed by atoms with Gasteiger partial charge < -0.3 is 5.73 Å². The van der Waals surface area contributed by atoms with Crippen LogP contribution in [0.1, 0.15) is 17.3 Å². The Morgan fingerprint density at radius 2 is 2.12 bits per heavy atom. The standard InChI is InChI=1S/C10H9Br2IN4/c1-17-9(10(12)15-16-17)8(14)6-4-5(13)2-3-7(6)11/h2-4,8H,14H2,1H3. The number of halogens is 3. The molecule has 2 aromatic rings. The van der Waals surface area contributed by atoms with Gasteiger partial charge in [0.25, 0.3) is 0 Å². The molecule has 0 fully saturated rings. The van der Waals surface area contributed by atoms with Crippen LogP contribution in [0.3, 0.4) is 0 Å². The van der Waals surface area contributed by atoms with Crippen LogP contribution >= 0.6 is 54.5 Å². The number of aryl methyl sites for hydroxylation is 1. The second kappa shape index (κ2) is 5.33. The van der Waals surface area contributed by atoms with Crippen molar-refractivity contribution in [2.75, 3.05) is 0 Å². The zero-order valence-corrected chi connectivity index (χ0v) is 14.2. The molecule has 0 bridgehead atoms. The van der Waals surface area contributed by atoms with Crippen LogP contribution in [0, 0.1) is 3.57 Å². The largest absolute Gasteiger partial charge is 0.319 e. The first kappa shape index (κ1) is 13.4. The van der Waals surface area contributed by atoms with Crippen LogP contribution in [0.15, 0.2) is 27.3 Å². The van der Waals surface area contributed by atoms with E-state index in [1.807, 2.05) is 19.2 Å². The Hall–Kier alpha value is 0.01000. The molecule has 1 atom stereocenters. The van der Waals surface area contributed by atoms with Crippen molar-refractivity contribution in [3.63, 3.8) is 0 Å². The molecule has 17 heavy (non-hydrogen) atoms. The molecule has 1 unspecified atom stereocenters. The number of aromatic nitrogens is 3. The van der Waals surface area contributed by atoms with E-state index in [-0.39, 0.29) is 6.04 Å². The van der Waals surface area contributed by atoms with Crippen molar-refractivity contribution < 1.29 is 0 Å². The average Bonchev–Trinajstić information content (AvgIpc) is 2.61. The average molecular weight is 472 g/mol. The lowest BCUT2D eigenvalue weighted by atomic mass is 10.1. The third kappa shape index (κ3) is 2.72. The van der Waals surface area contributed by atoms with Gasteiger partial charge in [-0.25, -0.2) is 4.68 Å². The Morgan fingerprint density at radius 3 is 2.71 bits per heavy atom. The van der Waals surface area contributed by atoms with Gasteiger partial charge in [-0.1, -0.05) is 21.1 Å². The second-order valence-electron chi connectivity index (χ2n) is 3.53. The van der Waals surface area contributed by atoms with Crippen molar-refractivity contribution in [2.45, 2.75) is 6.04 Å². The summed E-state index contributed by atoms with van der Waals surface area (Å²) in [4.78, 5) is 0. The van der Waals surface area contributed by atoms with E-state index in [2.05, 4.69) is 70.8 Å². The molecule has 0 saturated carbocycles. The SMILES string of the molecule is Cn1nnc(Br)c1C(N)c1cc(I)ccc1Br. The lowest BCUT2D eigenvalue weighted by molar-refractivity contribution is 0.650. The Balaban J connectivity index is 2.50. The topological polar surface area (TPSA) is 56.7 Å². The molecular formula is C10H9Br2IN4. The van der Waals surface area contributed by atoms with Gasteiger partial charge in [0.2, 0.25) is 0 Å². The van der Waals surface area contributed by atoms with Crippen LogP contribution in [-0.4, -0.2) is 15.0 Å². The molecule has 1 aromatic carbocycles.